The van der Waals surface area contributed by atoms with Gasteiger partial charge in [-0.2, -0.15) is 5.10 Å². The topological polar surface area (TPSA) is 125 Å². The molecule has 0 aliphatic carbocycles. The summed E-state index contributed by atoms with van der Waals surface area (Å²) >= 11 is 0. The van der Waals surface area contributed by atoms with Gasteiger partial charge < -0.3 is 20.1 Å². The lowest BCUT2D eigenvalue weighted by Gasteiger charge is -2.11. The number of ether oxygens (including phenoxy) is 2. The molecular formula is C25H29N7O4. The Kier molecular flexibility index (Phi) is 7.18. The van der Waals surface area contributed by atoms with Gasteiger partial charge in [-0.3, -0.25) is 14.3 Å². The number of nitrogens with one attached hydrogen (secondary N) is 2. The highest BCUT2D eigenvalue weighted by Gasteiger charge is 2.18. The zero-order valence-corrected chi connectivity index (χ0v) is 21.0. The molecule has 2 amide bonds. The van der Waals surface area contributed by atoms with E-state index in [9.17, 15) is 9.59 Å². The van der Waals surface area contributed by atoms with Gasteiger partial charge in [-0.1, -0.05) is 0 Å². The number of carbonyl (C=O) groups is 2. The minimum Gasteiger partial charge on any atom is -0.497 e. The van der Waals surface area contributed by atoms with E-state index in [4.69, 9.17) is 9.47 Å². The molecule has 11 nitrogen and oxygen atoms in total. The van der Waals surface area contributed by atoms with Crippen LogP contribution in [0.5, 0.6) is 11.6 Å². The van der Waals surface area contributed by atoms with Crippen LogP contribution < -0.4 is 20.1 Å². The Bertz CT molecular complexity index is 1410. The second-order valence-corrected chi connectivity index (χ2v) is 8.38. The Labute approximate surface area is 208 Å². The molecule has 0 saturated carbocycles. The van der Waals surface area contributed by atoms with E-state index in [2.05, 4.69) is 25.8 Å². The summed E-state index contributed by atoms with van der Waals surface area (Å²) in [5.41, 5.74) is 4.78. The lowest BCUT2D eigenvalue weighted by atomic mass is 10.00. The molecule has 11 heteroatoms. The highest BCUT2D eigenvalue weighted by molar-refractivity contribution is 5.92. The predicted octanol–water partition coefficient (Wildman–Crippen LogP) is 3.01. The van der Waals surface area contributed by atoms with E-state index in [0.29, 0.717) is 29.4 Å². The molecule has 0 saturated heterocycles. The first-order valence-electron chi connectivity index (χ1n) is 11.4. The van der Waals surface area contributed by atoms with Gasteiger partial charge in [0, 0.05) is 31.0 Å². The van der Waals surface area contributed by atoms with Gasteiger partial charge >= 0.3 is 0 Å². The van der Waals surface area contributed by atoms with E-state index in [-0.39, 0.29) is 24.8 Å². The van der Waals surface area contributed by atoms with Crippen molar-refractivity contribution in [1.29, 1.82) is 0 Å². The summed E-state index contributed by atoms with van der Waals surface area (Å²) in [6, 6.07) is 7.04. The number of aromatic nitrogens is 5. The number of aryl methyl sites for hydroxylation is 3. The highest BCUT2D eigenvalue weighted by Crippen LogP contribution is 2.30. The van der Waals surface area contributed by atoms with E-state index >= 15 is 0 Å². The van der Waals surface area contributed by atoms with Gasteiger partial charge in [0.1, 0.15) is 12.3 Å². The number of hydrogen-bond donors (Lipinski definition) is 2. The molecule has 0 radical (unpaired) electrons. The molecule has 1 aromatic carbocycles. The molecule has 0 aliphatic heterocycles. The predicted molar refractivity (Wildman–Crippen MR) is 135 cm³/mol. The van der Waals surface area contributed by atoms with Crippen molar-refractivity contribution >= 4 is 34.2 Å². The number of pyridine rings is 1. The van der Waals surface area contributed by atoms with Crippen LogP contribution in [0.15, 0.2) is 36.7 Å². The Morgan fingerprint density at radius 1 is 1.00 bits per heavy atom. The number of benzene rings is 1. The average Bonchev–Trinajstić information content (AvgIpc) is 3.42. The summed E-state index contributed by atoms with van der Waals surface area (Å²) in [6.45, 7) is 3.94. The molecule has 2 N–H and O–H groups in total. The molecule has 3 aromatic heterocycles. The van der Waals surface area contributed by atoms with Crippen LogP contribution in [0.1, 0.15) is 23.2 Å². The molecule has 4 aromatic rings. The molecule has 0 aliphatic rings. The van der Waals surface area contributed by atoms with Crippen molar-refractivity contribution in [2.24, 2.45) is 7.05 Å². The fraction of sp³-hybridized carbons (Fsp3) is 0.320. The number of methoxy groups -OCH3 is 2. The molecule has 3 heterocycles. The second kappa shape index (κ2) is 10.5. The van der Waals surface area contributed by atoms with Crippen LogP contribution in [0.2, 0.25) is 0 Å². The normalized spacial score (nSPS) is 10.9. The maximum atomic E-state index is 12.6. The third-order valence-corrected chi connectivity index (χ3v) is 5.91. The number of rotatable bonds is 9. The summed E-state index contributed by atoms with van der Waals surface area (Å²) in [5, 5.41) is 15.0. The summed E-state index contributed by atoms with van der Waals surface area (Å²) in [5.74, 6) is 0.834. The fourth-order valence-electron chi connectivity index (χ4n) is 4.11. The molecule has 0 unspecified atom stereocenters. The smallest absolute Gasteiger partial charge is 0.246 e. The number of carbonyl (C=O) groups excluding carboxylic acids is 2. The number of hydrogen-bond acceptors (Lipinski definition) is 7. The van der Waals surface area contributed by atoms with Gasteiger partial charge in [-0.05, 0) is 55.7 Å². The van der Waals surface area contributed by atoms with Crippen LogP contribution in [0.25, 0.3) is 11.0 Å². The zero-order valence-electron chi connectivity index (χ0n) is 21.0. The molecule has 0 spiro atoms. The van der Waals surface area contributed by atoms with E-state index in [0.717, 1.165) is 27.9 Å². The fourth-order valence-corrected chi connectivity index (χ4v) is 4.11. The second-order valence-electron chi connectivity index (χ2n) is 8.38. The zero-order chi connectivity index (χ0) is 25.8. The minimum atomic E-state index is -0.235. The summed E-state index contributed by atoms with van der Waals surface area (Å²) in [6.07, 6.45) is 3.92. The summed E-state index contributed by atoms with van der Waals surface area (Å²) < 4.78 is 13.7. The Hall–Kier alpha value is -4.41. The number of amides is 2. The first-order chi connectivity index (χ1) is 17.3. The van der Waals surface area contributed by atoms with E-state index in [1.54, 1.807) is 49.4 Å². The Morgan fingerprint density at radius 2 is 1.72 bits per heavy atom. The monoisotopic (exact) mass is 491 g/mol. The van der Waals surface area contributed by atoms with Crippen LogP contribution in [0.4, 0.5) is 11.4 Å². The lowest BCUT2D eigenvalue weighted by molar-refractivity contribution is -0.117. The minimum absolute atomic E-state index is 0.0128. The van der Waals surface area contributed by atoms with E-state index in [1.807, 2.05) is 20.9 Å². The Morgan fingerprint density at radius 3 is 2.42 bits per heavy atom. The third kappa shape index (κ3) is 5.29. The summed E-state index contributed by atoms with van der Waals surface area (Å²) in [4.78, 5) is 29.6. The first-order valence-corrected chi connectivity index (χ1v) is 11.4. The third-order valence-electron chi connectivity index (χ3n) is 5.91. The van der Waals surface area contributed by atoms with Crippen LogP contribution in [-0.2, 0) is 29.6 Å². The van der Waals surface area contributed by atoms with Crippen molar-refractivity contribution in [2.45, 2.75) is 33.2 Å². The SMILES string of the molecule is COc1ccc(NC(=O)Cn2cc(NC(=O)CCc3c(C)nc4c(c(OC)nn4C)c3C)cn2)cc1. The maximum Gasteiger partial charge on any atom is 0.246 e. The van der Waals surface area contributed by atoms with E-state index in [1.165, 1.54) is 10.9 Å². The van der Waals surface area contributed by atoms with Gasteiger partial charge in [-0.25, -0.2) is 9.67 Å². The van der Waals surface area contributed by atoms with Gasteiger partial charge in [0.2, 0.25) is 17.7 Å². The van der Waals surface area contributed by atoms with E-state index < -0.39 is 0 Å². The van der Waals surface area contributed by atoms with Gasteiger partial charge in [0.15, 0.2) is 5.65 Å². The molecule has 0 fully saturated rings. The highest BCUT2D eigenvalue weighted by atomic mass is 16.5. The molecule has 0 atom stereocenters. The van der Waals surface area contributed by atoms with Crippen LogP contribution >= 0.6 is 0 Å². The molecular weight excluding hydrogens is 462 g/mol. The standard InChI is InChI=1S/C25H29N7O4/c1-15-20(16(2)27-24-23(15)25(36-5)30-31(24)3)10-11-21(33)29-18-12-26-32(13-18)14-22(34)28-17-6-8-19(35-4)9-7-17/h6-9,12-13H,10-11,14H2,1-5H3,(H,28,34)(H,29,33). The number of fused-ring (bicyclic) bond motifs is 1. The van der Waals surface area contributed by atoms with Gasteiger partial charge in [0.25, 0.3) is 0 Å². The van der Waals surface area contributed by atoms with Crippen molar-refractivity contribution < 1.29 is 19.1 Å². The van der Waals surface area contributed by atoms with Gasteiger partial charge in [-0.15, -0.1) is 5.10 Å². The lowest BCUT2D eigenvalue weighted by Crippen LogP contribution is -2.19. The van der Waals surface area contributed by atoms with Crippen LogP contribution in [0.3, 0.4) is 0 Å². The van der Waals surface area contributed by atoms with Crippen LogP contribution in [-0.4, -0.2) is 50.6 Å². The molecule has 0 bridgehead atoms. The van der Waals surface area contributed by atoms with Crippen molar-refractivity contribution in [2.75, 3.05) is 24.9 Å². The maximum absolute atomic E-state index is 12.6. The number of anilines is 2. The molecule has 4 rings (SSSR count). The summed E-state index contributed by atoms with van der Waals surface area (Å²) in [7, 11) is 4.99. The van der Waals surface area contributed by atoms with Crippen molar-refractivity contribution in [1.82, 2.24) is 24.5 Å². The largest absolute Gasteiger partial charge is 0.497 e. The average molecular weight is 492 g/mol. The van der Waals surface area contributed by atoms with Crippen molar-refractivity contribution in [3.63, 3.8) is 0 Å². The van der Waals surface area contributed by atoms with Crippen molar-refractivity contribution in [3.05, 3.63) is 53.5 Å². The van der Waals surface area contributed by atoms with Crippen molar-refractivity contribution in [3.8, 4) is 11.6 Å². The van der Waals surface area contributed by atoms with Crippen LogP contribution in [0, 0.1) is 13.8 Å². The number of nitrogens with zero attached hydrogens (tertiary/aromatic N) is 5. The molecule has 36 heavy (non-hydrogen) atoms. The van der Waals surface area contributed by atoms with Gasteiger partial charge in [0.05, 0.1) is 31.5 Å². The quantitative estimate of drug-likeness (QED) is 0.369. The Balaban J connectivity index is 1.34. The molecule has 188 valence electrons. The first kappa shape index (κ1) is 24.7.